The van der Waals surface area contributed by atoms with Gasteiger partial charge in [-0.1, -0.05) is 35.2 Å². The Morgan fingerprint density at radius 2 is 1.94 bits per heavy atom. The molecule has 35 heavy (non-hydrogen) atoms. The molecule has 0 spiro atoms. The maximum atomic E-state index is 13.6. The summed E-state index contributed by atoms with van der Waals surface area (Å²) in [5.74, 6) is 2.17. The summed E-state index contributed by atoms with van der Waals surface area (Å²) in [6, 6.07) is 16.2. The molecule has 0 fully saturated rings. The zero-order chi connectivity index (χ0) is 24.5. The number of aromatic nitrogens is 2. The van der Waals surface area contributed by atoms with Crippen molar-refractivity contribution in [1.82, 2.24) is 9.97 Å². The molecule has 2 aromatic heterocycles. The van der Waals surface area contributed by atoms with Gasteiger partial charge in [0.15, 0.2) is 0 Å². The van der Waals surface area contributed by atoms with Crippen LogP contribution in [0.3, 0.4) is 0 Å². The molecule has 0 saturated carbocycles. The van der Waals surface area contributed by atoms with Crippen LogP contribution in [0.4, 0.5) is 15.8 Å². The minimum absolute atomic E-state index is 0.0274. The molecule has 0 radical (unpaired) electrons. The third kappa shape index (κ3) is 4.52. The van der Waals surface area contributed by atoms with Crippen molar-refractivity contribution >= 4 is 67.0 Å². The molecular formula is C27H15Cl2FN4S. The maximum absolute atomic E-state index is 13.6. The molecule has 0 amide bonds. The van der Waals surface area contributed by atoms with Crippen LogP contribution in [0.1, 0.15) is 22.6 Å². The number of thiazole rings is 1. The van der Waals surface area contributed by atoms with Crippen molar-refractivity contribution in [3.8, 4) is 18.4 Å². The third-order valence-corrected chi connectivity index (χ3v) is 7.06. The number of nitrogens with zero attached hydrogens (tertiary/aromatic N) is 3. The topological polar surface area (TPSA) is 61.6 Å². The van der Waals surface area contributed by atoms with Crippen LogP contribution in [0.2, 0.25) is 10.0 Å². The second-order valence-electron chi connectivity index (χ2n) is 7.89. The zero-order valence-electron chi connectivity index (χ0n) is 18.0. The van der Waals surface area contributed by atoms with Gasteiger partial charge in [-0.25, -0.2) is 9.37 Å². The molecule has 2 heterocycles. The van der Waals surface area contributed by atoms with E-state index >= 15 is 0 Å². The van der Waals surface area contributed by atoms with Crippen LogP contribution < -0.4 is 5.32 Å². The lowest BCUT2D eigenvalue weighted by Gasteiger charge is -2.16. The van der Waals surface area contributed by atoms with Crippen molar-refractivity contribution in [2.24, 2.45) is 0 Å². The van der Waals surface area contributed by atoms with Crippen LogP contribution in [0, 0.1) is 29.5 Å². The molecule has 0 saturated heterocycles. The summed E-state index contributed by atoms with van der Waals surface area (Å²) < 4.78 is 14.7. The van der Waals surface area contributed by atoms with Gasteiger partial charge in [0, 0.05) is 23.2 Å². The lowest BCUT2D eigenvalue weighted by Crippen LogP contribution is -2.02. The third-order valence-electron chi connectivity index (χ3n) is 5.69. The quantitative estimate of drug-likeness (QED) is 0.241. The van der Waals surface area contributed by atoms with Gasteiger partial charge >= 0.3 is 0 Å². The van der Waals surface area contributed by atoms with Gasteiger partial charge < -0.3 is 5.32 Å². The SMILES string of the molecule is C#C[C@@H](Cc1cc(Cl)c2ncc(C#N)c(Nc3ccc(F)c(Cl)c3)c2c1)c1ccc2ncsc2c1. The summed E-state index contributed by atoms with van der Waals surface area (Å²) in [6.07, 6.45) is 7.91. The predicted octanol–water partition coefficient (Wildman–Crippen LogP) is 7.87. The minimum Gasteiger partial charge on any atom is -0.354 e. The summed E-state index contributed by atoms with van der Waals surface area (Å²) in [5, 5.41) is 14.0. The van der Waals surface area contributed by atoms with Crippen LogP contribution in [-0.4, -0.2) is 9.97 Å². The van der Waals surface area contributed by atoms with E-state index < -0.39 is 5.82 Å². The number of hydrogen-bond donors (Lipinski definition) is 1. The van der Waals surface area contributed by atoms with E-state index in [1.54, 1.807) is 17.4 Å². The van der Waals surface area contributed by atoms with Gasteiger partial charge in [0.25, 0.3) is 0 Å². The Morgan fingerprint density at radius 1 is 1.09 bits per heavy atom. The fourth-order valence-electron chi connectivity index (χ4n) is 3.97. The van der Waals surface area contributed by atoms with Gasteiger partial charge in [-0.2, -0.15) is 5.26 Å². The first-order valence-electron chi connectivity index (χ1n) is 10.5. The highest BCUT2D eigenvalue weighted by Gasteiger charge is 2.17. The molecule has 8 heteroatoms. The van der Waals surface area contributed by atoms with Gasteiger partial charge in [0.1, 0.15) is 11.9 Å². The van der Waals surface area contributed by atoms with Crippen LogP contribution >= 0.6 is 34.5 Å². The highest BCUT2D eigenvalue weighted by molar-refractivity contribution is 7.16. The van der Waals surface area contributed by atoms with Gasteiger partial charge in [-0.15, -0.1) is 17.8 Å². The van der Waals surface area contributed by atoms with E-state index in [1.165, 1.54) is 18.3 Å². The Balaban J connectivity index is 1.57. The number of nitrogens with one attached hydrogen (secondary N) is 1. The number of rotatable bonds is 5. The summed E-state index contributed by atoms with van der Waals surface area (Å²) in [6.45, 7) is 0. The van der Waals surface area contributed by atoms with Crippen LogP contribution in [0.15, 0.2) is 60.2 Å². The van der Waals surface area contributed by atoms with Crippen LogP contribution in [0.25, 0.3) is 21.1 Å². The van der Waals surface area contributed by atoms with Crippen molar-refractivity contribution in [1.29, 1.82) is 5.26 Å². The standard InChI is InChI=1S/C27H15Cl2FN4S/c1-2-16(17-3-6-24-25(10-17)35-14-33-24)7-15-8-20-26(34-19-4-5-23(30)21(28)11-19)18(12-31)13-32-27(20)22(29)9-15/h1,3-6,8-11,13-14,16H,7H2,(H,32,34)/t16-/m0/s1. The molecule has 3 aromatic carbocycles. The molecule has 5 aromatic rings. The molecule has 1 N–H and O–H groups in total. The van der Waals surface area contributed by atoms with E-state index in [2.05, 4.69) is 33.3 Å². The van der Waals surface area contributed by atoms with Crippen molar-refractivity contribution in [3.05, 3.63) is 92.8 Å². The average Bonchev–Trinajstić information content (AvgIpc) is 3.33. The smallest absolute Gasteiger partial charge is 0.141 e. The highest BCUT2D eigenvalue weighted by Crippen LogP contribution is 2.35. The van der Waals surface area contributed by atoms with Gasteiger partial charge in [-0.05, 0) is 60.0 Å². The molecule has 5 rings (SSSR count). The molecule has 0 bridgehead atoms. The Bertz CT molecular complexity index is 1680. The predicted molar refractivity (Wildman–Crippen MR) is 141 cm³/mol. The maximum Gasteiger partial charge on any atom is 0.141 e. The van der Waals surface area contributed by atoms with Crippen molar-refractivity contribution < 1.29 is 4.39 Å². The van der Waals surface area contributed by atoms with Crippen LogP contribution in [0.5, 0.6) is 0 Å². The highest BCUT2D eigenvalue weighted by atomic mass is 35.5. The summed E-state index contributed by atoms with van der Waals surface area (Å²) in [5.41, 5.74) is 6.55. The minimum atomic E-state index is -0.528. The van der Waals surface area contributed by atoms with E-state index in [9.17, 15) is 9.65 Å². The number of pyridine rings is 1. The van der Waals surface area contributed by atoms with E-state index in [0.717, 1.165) is 21.3 Å². The second kappa shape index (κ2) is 9.52. The number of benzene rings is 3. The molecule has 0 aliphatic heterocycles. The summed E-state index contributed by atoms with van der Waals surface area (Å²) >= 11 is 14.1. The molecule has 0 aliphatic carbocycles. The van der Waals surface area contributed by atoms with E-state index in [1.807, 2.05) is 29.8 Å². The molecule has 170 valence electrons. The monoisotopic (exact) mass is 516 g/mol. The fraction of sp³-hybridized carbons (Fsp3) is 0.0741. The number of hydrogen-bond acceptors (Lipinski definition) is 5. The van der Waals surface area contributed by atoms with Gasteiger partial charge in [0.2, 0.25) is 0 Å². The molecule has 4 nitrogen and oxygen atoms in total. The van der Waals surface area contributed by atoms with E-state index in [-0.39, 0.29) is 10.9 Å². The lowest BCUT2D eigenvalue weighted by atomic mass is 9.91. The molecule has 0 aliphatic rings. The Hall–Kier alpha value is -3.68. The number of halogens is 3. The summed E-state index contributed by atoms with van der Waals surface area (Å²) in [4.78, 5) is 8.71. The first-order chi connectivity index (χ1) is 17.0. The number of fused-ring (bicyclic) bond motifs is 2. The number of nitriles is 1. The molecular weight excluding hydrogens is 502 g/mol. The zero-order valence-corrected chi connectivity index (χ0v) is 20.3. The Morgan fingerprint density at radius 3 is 2.71 bits per heavy atom. The first kappa shape index (κ1) is 23.1. The lowest BCUT2D eigenvalue weighted by molar-refractivity contribution is 0.628. The van der Waals surface area contributed by atoms with Crippen LogP contribution in [-0.2, 0) is 6.42 Å². The van der Waals surface area contributed by atoms with Crippen molar-refractivity contribution in [3.63, 3.8) is 0 Å². The molecule has 1 atom stereocenters. The van der Waals surface area contributed by atoms with E-state index in [4.69, 9.17) is 29.6 Å². The Kier molecular flexibility index (Phi) is 6.28. The number of terminal acetylenes is 1. The van der Waals surface area contributed by atoms with Gasteiger partial charge in [0.05, 0.1) is 42.5 Å². The summed E-state index contributed by atoms with van der Waals surface area (Å²) in [7, 11) is 0. The molecule has 0 unspecified atom stereocenters. The average molecular weight is 517 g/mol. The number of anilines is 2. The second-order valence-corrected chi connectivity index (χ2v) is 9.59. The van der Waals surface area contributed by atoms with Crippen molar-refractivity contribution in [2.75, 3.05) is 5.32 Å². The largest absolute Gasteiger partial charge is 0.354 e. The fourth-order valence-corrected chi connectivity index (χ4v) is 5.17. The Labute approximate surface area is 215 Å². The van der Waals surface area contributed by atoms with E-state index in [0.29, 0.717) is 39.3 Å². The normalized spacial score (nSPS) is 11.8. The van der Waals surface area contributed by atoms with Gasteiger partial charge in [-0.3, -0.25) is 4.98 Å². The first-order valence-corrected chi connectivity index (χ1v) is 12.1. The van der Waals surface area contributed by atoms with Crippen molar-refractivity contribution in [2.45, 2.75) is 12.3 Å².